The van der Waals surface area contributed by atoms with Crippen LogP contribution < -0.4 is 5.32 Å². The fourth-order valence-electron chi connectivity index (χ4n) is 2.63. The molecular weight excluding hydrogens is 234 g/mol. The molecule has 1 aliphatic rings. The summed E-state index contributed by atoms with van der Waals surface area (Å²) in [4.78, 5) is 0. The Morgan fingerprint density at radius 3 is 2.74 bits per heavy atom. The van der Waals surface area contributed by atoms with Crippen molar-refractivity contribution < 1.29 is 0 Å². The van der Waals surface area contributed by atoms with Crippen molar-refractivity contribution in [1.82, 2.24) is 15.1 Å². The highest BCUT2D eigenvalue weighted by molar-refractivity contribution is 5.25. The predicted molar refractivity (Wildman–Crippen MR) is 80.5 cm³/mol. The van der Waals surface area contributed by atoms with Gasteiger partial charge in [-0.15, -0.1) is 0 Å². The Bertz CT molecular complexity index is 404. The van der Waals surface area contributed by atoms with E-state index in [-0.39, 0.29) is 0 Å². The Labute approximate surface area is 117 Å². The van der Waals surface area contributed by atoms with Crippen LogP contribution in [0.2, 0.25) is 0 Å². The quantitative estimate of drug-likeness (QED) is 0.780. The molecule has 0 radical (unpaired) electrons. The number of unbranched alkanes of at least 4 members (excludes halogenated alkanes) is 1. The molecule has 1 aromatic rings. The van der Waals surface area contributed by atoms with Crippen LogP contribution in [0.1, 0.15) is 56.5 Å². The van der Waals surface area contributed by atoms with Gasteiger partial charge in [0.15, 0.2) is 0 Å². The van der Waals surface area contributed by atoms with E-state index in [1.807, 2.05) is 0 Å². The number of aromatic nitrogens is 2. The fraction of sp³-hybridized carbons (Fsp3) is 0.812. The molecule has 1 fully saturated rings. The second-order valence-electron chi connectivity index (χ2n) is 6.22. The van der Waals surface area contributed by atoms with E-state index in [0.29, 0.717) is 5.92 Å². The van der Waals surface area contributed by atoms with Crippen LogP contribution in [-0.4, -0.2) is 22.4 Å². The minimum Gasteiger partial charge on any atom is -0.314 e. The lowest BCUT2D eigenvalue weighted by molar-refractivity contribution is 0.506. The SMILES string of the molecule is CCCCn1nc(C)c(CC(C)CNC2CC2)c1C. The number of hydrogen-bond donors (Lipinski definition) is 1. The zero-order chi connectivity index (χ0) is 13.8. The van der Waals surface area contributed by atoms with Gasteiger partial charge in [-0.3, -0.25) is 4.68 Å². The molecule has 1 N–H and O–H groups in total. The van der Waals surface area contributed by atoms with Crippen molar-refractivity contribution in [2.75, 3.05) is 6.54 Å². The monoisotopic (exact) mass is 263 g/mol. The number of hydrogen-bond acceptors (Lipinski definition) is 2. The first-order chi connectivity index (χ1) is 9.11. The van der Waals surface area contributed by atoms with Gasteiger partial charge >= 0.3 is 0 Å². The molecule has 19 heavy (non-hydrogen) atoms. The topological polar surface area (TPSA) is 29.9 Å². The van der Waals surface area contributed by atoms with Crippen LogP contribution >= 0.6 is 0 Å². The molecule has 108 valence electrons. The third-order valence-corrected chi connectivity index (χ3v) is 4.14. The molecule has 3 heteroatoms. The van der Waals surface area contributed by atoms with Gasteiger partial charge in [-0.2, -0.15) is 5.10 Å². The van der Waals surface area contributed by atoms with Gasteiger partial charge in [0.05, 0.1) is 5.69 Å². The van der Waals surface area contributed by atoms with Crippen molar-refractivity contribution in [1.29, 1.82) is 0 Å². The van der Waals surface area contributed by atoms with E-state index >= 15 is 0 Å². The molecule has 1 saturated carbocycles. The molecular formula is C16H29N3. The molecule has 1 aliphatic carbocycles. The summed E-state index contributed by atoms with van der Waals surface area (Å²) >= 11 is 0. The van der Waals surface area contributed by atoms with Crippen LogP contribution in [0, 0.1) is 19.8 Å². The lowest BCUT2D eigenvalue weighted by Gasteiger charge is -2.13. The average Bonchev–Trinajstić information content (AvgIpc) is 3.17. The first-order valence-corrected chi connectivity index (χ1v) is 7.88. The van der Waals surface area contributed by atoms with Crippen molar-refractivity contribution in [3.63, 3.8) is 0 Å². The van der Waals surface area contributed by atoms with Gasteiger partial charge in [-0.1, -0.05) is 20.3 Å². The Balaban J connectivity index is 1.92. The van der Waals surface area contributed by atoms with Crippen molar-refractivity contribution in [2.24, 2.45) is 5.92 Å². The third-order valence-electron chi connectivity index (χ3n) is 4.14. The maximum absolute atomic E-state index is 4.70. The van der Waals surface area contributed by atoms with Crippen LogP contribution in [0.4, 0.5) is 0 Å². The van der Waals surface area contributed by atoms with E-state index in [1.54, 1.807) is 0 Å². The minimum atomic E-state index is 0.696. The number of aryl methyl sites for hydroxylation is 2. The minimum absolute atomic E-state index is 0.696. The van der Waals surface area contributed by atoms with Gasteiger partial charge in [0.25, 0.3) is 0 Å². The zero-order valence-corrected chi connectivity index (χ0v) is 13.0. The lowest BCUT2D eigenvalue weighted by Crippen LogP contribution is -2.24. The molecule has 1 atom stereocenters. The summed E-state index contributed by atoms with van der Waals surface area (Å²) in [6.07, 6.45) is 6.36. The molecule has 2 rings (SSSR count). The van der Waals surface area contributed by atoms with E-state index in [4.69, 9.17) is 5.10 Å². The first-order valence-electron chi connectivity index (χ1n) is 7.88. The van der Waals surface area contributed by atoms with E-state index in [9.17, 15) is 0 Å². The van der Waals surface area contributed by atoms with Gasteiger partial charge in [-0.25, -0.2) is 0 Å². The normalized spacial score (nSPS) is 16.8. The highest BCUT2D eigenvalue weighted by atomic mass is 15.3. The Kier molecular flexibility index (Phi) is 5.03. The van der Waals surface area contributed by atoms with Gasteiger partial charge in [-0.05, 0) is 57.6 Å². The van der Waals surface area contributed by atoms with Crippen LogP contribution in [0.3, 0.4) is 0 Å². The maximum Gasteiger partial charge on any atom is 0.0628 e. The Morgan fingerprint density at radius 2 is 2.11 bits per heavy atom. The summed E-state index contributed by atoms with van der Waals surface area (Å²) in [6, 6.07) is 0.817. The molecule has 0 spiro atoms. The van der Waals surface area contributed by atoms with Crippen LogP contribution in [-0.2, 0) is 13.0 Å². The molecule has 0 aliphatic heterocycles. The molecule has 3 nitrogen and oxygen atoms in total. The van der Waals surface area contributed by atoms with Crippen molar-refractivity contribution in [2.45, 2.75) is 72.4 Å². The molecule has 0 amide bonds. The van der Waals surface area contributed by atoms with Gasteiger partial charge < -0.3 is 5.32 Å². The Morgan fingerprint density at radius 1 is 1.37 bits per heavy atom. The standard InChI is InChI=1S/C16H29N3/c1-5-6-9-19-14(4)16(13(3)18-19)10-12(2)11-17-15-7-8-15/h12,15,17H,5-11H2,1-4H3. The molecule has 1 heterocycles. The summed E-state index contributed by atoms with van der Waals surface area (Å²) in [5, 5.41) is 8.33. The second-order valence-corrected chi connectivity index (χ2v) is 6.22. The van der Waals surface area contributed by atoms with Crippen LogP contribution in [0.15, 0.2) is 0 Å². The van der Waals surface area contributed by atoms with E-state index in [0.717, 1.165) is 25.6 Å². The van der Waals surface area contributed by atoms with Gasteiger partial charge in [0.2, 0.25) is 0 Å². The third kappa shape index (κ3) is 4.07. The summed E-state index contributed by atoms with van der Waals surface area (Å²) in [7, 11) is 0. The fourth-order valence-corrected chi connectivity index (χ4v) is 2.63. The summed E-state index contributed by atoms with van der Waals surface area (Å²) in [5.74, 6) is 0.696. The van der Waals surface area contributed by atoms with Crippen molar-refractivity contribution in [3.05, 3.63) is 17.0 Å². The lowest BCUT2D eigenvalue weighted by atomic mass is 9.99. The molecule has 0 aromatic carbocycles. The van der Waals surface area contributed by atoms with Gasteiger partial charge in [0, 0.05) is 18.3 Å². The largest absolute Gasteiger partial charge is 0.314 e. The molecule has 1 aromatic heterocycles. The molecule has 1 unspecified atom stereocenters. The number of nitrogens with zero attached hydrogens (tertiary/aromatic N) is 2. The molecule has 0 bridgehead atoms. The predicted octanol–water partition coefficient (Wildman–Crippen LogP) is 3.23. The first kappa shape index (κ1) is 14.6. The van der Waals surface area contributed by atoms with Crippen LogP contribution in [0.25, 0.3) is 0 Å². The number of nitrogens with one attached hydrogen (secondary N) is 1. The zero-order valence-electron chi connectivity index (χ0n) is 13.0. The second kappa shape index (κ2) is 6.56. The Hall–Kier alpha value is -0.830. The maximum atomic E-state index is 4.70. The highest BCUT2D eigenvalue weighted by Crippen LogP contribution is 2.21. The van der Waals surface area contributed by atoms with E-state index in [1.165, 1.54) is 42.6 Å². The summed E-state index contributed by atoms with van der Waals surface area (Å²) < 4.78 is 2.20. The van der Waals surface area contributed by atoms with Crippen molar-refractivity contribution >= 4 is 0 Å². The number of rotatable bonds is 8. The van der Waals surface area contributed by atoms with Gasteiger partial charge in [0.1, 0.15) is 0 Å². The molecule has 0 saturated heterocycles. The van der Waals surface area contributed by atoms with Crippen LogP contribution in [0.5, 0.6) is 0 Å². The van der Waals surface area contributed by atoms with E-state index < -0.39 is 0 Å². The smallest absolute Gasteiger partial charge is 0.0628 e. The van der Waals surface area contributed by atoms with Crippen molar-refractivity contribution in [3.8, 4) is 0 Å². The summed E-state index contributed by atoms with van der Waals surface area (Å²) in [5.41, 5.74) is 4.08. The summed E-state index contributed by atoms with van der Waals surface area (Å²) in [6.45, 7) is 11.2. The average molecular weight is 263 g/mol. The van der Waals surface area contributed by atoms with E-state index in [2.05, 4.69) is 37.7 Å². The highest BCUT2D eigenvalue weighted by Gasteiger charge is 2.21.